The zero-order valence-corrected chi connectivity index (χ0v) is 19.7. The highest BCUT2D eigenvalue weighted by molar-refractivity contribution is 7.54. The van der Waals surface area contributed by atoms with Crippen LogP contribution >= 0.6 is 7.60 Å². The predicted molar refractivity (Wildman–Crippen MR) is 111 cm³/mol. The summed E-state index contributed by atoms with van der Waals surface area (Å²) in [5.74, 6) is -0.433. The van der Waals surface area contributed by atoms with Crippen LogP contribution in [0.5, 0.6) is 5.75 Å². The van der Waals surface area contributed by atoms with Crippen molar-refractivity contribution >= 4 is 15.9 Å². The molecule has 0 aliphatic rings. The number of rotatable bonds is 10. The molecule has 1 rings (SSSR count). The van der Waals surface area contributed by atoms with Crippen molar-refractivity contribution in [2.45, 2.75) is 64.7 Å². The summed E-state index contributed by atoms with van der Waals surface area (Å²) in [6.07, 6.45) is -1.16. The van der Waals surface area contributed by atoms with Gasteiger partial charge in [-0.25, -0.2) is 0 Å². The summed E-state index contributed by atoms with van der Waals surface area (Å²) >= 11 is 0. The first-order valence-corrected chi connectivity index (χ1v) is 13.8. The maximum atomic E-state index is 13.5. The lowest BCUT2D eigenvalue weighted by atomic mass is 10.1. The van der Waals surface area contributed by atoms with Crippen molar-refractivity contribution in [1.29, 1.82) is 0 Å². The first kappa shape index (κ1) is 24.3. The average Bonchev–Trinajstić information content (AvgIpc) is 2.58. The van der Waals surface area contributed by atoms with E-state index in [1.807, 2.05) is 13.1 Å². The molecule has 0 heterocycles. The van der Waals surface area contributed by atoms with E-state index in [0.717, 1.165) is 0 Å². The van der Waals surface area contributed by atoms with Crippen LogP contribution in [0, 0.1) is 0 Å². The fraction of sp³-hybridized carbons (Fsp3) is 0.684. The summed E-state index contributed by atoms with van der Waals surface area (Å²) in [6.45, 7) is 14.2. The van der Waals surface area contributed by atoms with Crippen molar-refractivity contribution < 1.29 is 27.9 Å². The van der Waals surface area contributed by atoms with Gasteiger partial charge in [0.25, 0.3) is 0 Å². The normalized spacial score (nSPS) is 15.4. The van der Waals surface area contributed by atoms with E-state index in [4.69, 9.17) is 18.2 Å². The van der Waals surface area contributed by atoms with Crippen molar-refractivity contribution in [3.05, 3.63) is 29.8 Å². The molecule has 0 fully saturated rings. The Labute approximate surface area is 164 Å². The van der Waals surface area contributed by atoms with E-state index >= 15 is 0 Å². The molecule has 2 atom stereocenters. The van der Waals surface area contributed by atoms with Crippen LogP contribution in [0.25, 0.3) is 0 Å². The Morgan fingerprint density at radius 3 is 1.93 bits per heavy atom. The lowest BCUT2D eigenvalue weighted by Gasteiger charge is -2.41. The minimum atomic E-state index is -3.70. The molecule has 1 N–H and O–H groups in total. The van der Waals surface area contributed by atoms with E-state index in [2.05, 4.69) is 20.8 Å². The Morgan fingerprint density at radius 1 is 1.07 bits per heavy atom. The number of aliphatic hydroxyl groups excluding tert-OH is 1. The van der Waals surface area contributed by atoms with Gasteiger partial charge in [-0.3, -0.25) is 4.57 Å². The molecular formula is C19H35O6PSi. The molecular weight excluding hydrogens is 383 g/mol. The average molecular weight is 419 g/mol. The Morgan fingerprint density at radius 2 is 1.56 bits per heavy atom. The van der Waals surface area contributed by atoms with Gasteiger partial charge in [0.1, 0.15) is 11.9 Å². The Bertz CT molecular complexity index is 616. The molecule has 1 aromatic rings. The van der Waals surface area contributed by atoms with Gasteiger partial charge >= 0.3 is 7.60 Å². The van der Waals surface area contributed by atoms with Crippen LogP contribution in [-0.4, -0.2) is 39.6 Å². The molecule has 0 unspecified atom stereocenters. The van der Waals surface area contributed by atoms with E-state index in [9.17, 15) is 9.67 Å². The molecule has 0 radical (unpaired) electrons. The van der Waals surface area contributed by atoms with Gasteiger partial charge < -0.3 is 23.3 Å². The standard InChI is InChI=1S/C19H35O6PSi/c1-9-23-26(21,24-10-2)18(25-27(7,8)19(3,4)5)17(20)15-11-13-16(22-6)14-12-15/h11-14,17-18,20H,9-10H2,1-8H3/t17-,18-/m0/s1. The smallest absolute Gasteiger partial charge is 0.361 e. The van der Waals surface area contributed by atoms with E-state index in [1.165, 1.54) is 0 Å². The van der Waals surface area contributed by atoms with Crippen LogP contribution in [0.15, 0.2) is 24.3 Å². The lowest BCUT2D eigenvalue weighted by molar-refractivity contribution is 0.0462. The number of ether oxygens (including phenoxy) is 1. The van der Waals surface area contributed by atoms with Gasteiger partial charge in [0, 0.05) is 0 Å². The van der Waals surface area contributed by atoms with E-state index in [0.29, 0.717) is 11.3 Å². The molecule has 1 aromatic carbocycles. The third kappa shape index (κ3) is 6.14. The summed E-state index contributed by atoms with van der Waals surface area (Å²) in [5.41, 5.74) is 0.569. The highest BCUT2D eigenvalue weighted by Crippen LogP contribution is 2.59. The molecule has 0 bridgehead atoms. The molecule has 8 heteroatoms. The van der Waals surface area contributed by atoms with Gasteiger partial charge in [0.15, 0.2) is 14.2 Å². The fourth-order valence-electron chi connectivity index (χ4n) is 2.29. The summed E-state index contributed by atoms with van der Waals surface area (Å²) in [7, 11) is -4.49. The van der Waals surface area contributed by atoms with E-state index in [1.54, 1.807) is 45.2 Å². The van der Waals surface area contributed by atoms with Gasteiger partial charge in [-0.2, -0.15) is 0 Å². The molecule has 0 saturated heterocycles. The first-order chi connectivity index (χ1) is 12.4. The summed E-state index contributed by atoms with van der Waals surface area (Å²) < 4.78 is 36.1. The first-order valence-electron chi connectivity index (χ1n) is 9.30. The second-order valence-electron chi connectivity index (χ2n) is 7.86. The Hall–Kier alpha value is -0.693. The van der Waals surface area contributed by atoms with E-state index in [-0.39, 0.29) is 18.3 Å². The van der Waals surface area contributed by atoms with Crippen molar-refractivity contribution in [2.75, 3.05) is 20.3 Å². The van der Waals surface area contributed by atoms with Crippen LogP contribution < -0.4 is 4.74 Å². The maximum Gasteiger partial charge on any atom is 0.361 e. The molecule has 0 aromatic heterocycles. The molecule has 0 saturated carbocycles. The second kappa shape index (κ2) is 9.68. The Kier molecular flexibility index (Phi) is 8.73. The third-order valence-corrected chi connectivity index (χ3v) is 11.8. The van der Waals surface area contributed by atoms with Gasteiger partial charge in [-0.15, -0.1) is 0 Å². The van der Waals surface area contributed by atoms with Crippen LogP contribution in [0.4, 0.5) is 0 Å². The second-order valence-corrected chi connectivity index (χ2v) is 14.7. The minimum absolute atomic E-state index is 0.131. The largest absolute Gasteiger partial charge is 0.497 e. The molecule has 156 valence electrons. The number of methoxy groups -OCH3 is 1. The van der Waals surface area contributed by atoms with Crippen LogP contribution in [0.2, 0.25) is 18.1 Å². The molecule has 0 aliphatic heterocycles. The summed E-state index contributed by atoms with van der Waals surface area (Å²) in [5, 5.41) is 11.0. The topological polar surface area (TPSA) is 74.2 Å². The number of benzene rings is 1. The monoisotopic (exact) mass is 418 g/mol. The summed E-state index contributed by atoms with van der Waals surface area (Å²) in [4.78, 5) is 0. The van der Waals surface area contributed by atoms with Crippen molar-refractivity contribution in [2.24, 2.45) is 0 Å². The predicted octanol–water partition coefficient (Wildman–Crippen LogP) is 5.34. The van der Waals surface area contributed by atoms with Crippen molar-refractivity contribution in [3.63, 3.8) is 0 Å². The lowest BCUT2D eigenvalue weighted by Crippen LogP contribution is -2.45. The quantitative estimate of drug-likeness (QED) is 0.408. The molecule has 0 amide bonds. The van der Waals surface area contributed by atoms with Gasteiger partial charge in [-0.05, 0) is 49.7 Å². The Balaban J connectivity index is 3.36. The fourth-order valence-corrected chi connectivity index (χ4v) is 6.29. The third-order valence-electron chi connectivity index (χ3n) is 4.88. The van der Waals surface area contributed by atoms with Crippen molar-refractivity contribution in [1.82, 2.24) is 0 Å². The van der Waals surface area contributed by atoms with Gasteiger partial charge in [-0.1, -0.05) is 32.9 Å². The molecule has 0 aliphatic carbocycles. The zero-order valence-electron chi connectivity index (χ0n) is 17.8. The highest BCUT2D eigenvalue weighted by atomic mass is 31.2. The summed E-state index contributed by atoms with van der Waals surface area (Å²) in [6, 6.07) is 6.95. The van der Waals surface area contributed by atoms with Crippen molar-refractivity contribution in [3.8, 4) is 5.75 Å². The van der Waals surface area contributed by atoms with Crippen LogP contribution in [0.1, 0.15) is 46.3 Å². The van der Waals surface area contributed by atoms with Gasteiger partial charge in [0.05, 0.1) is 20.3 Å². The number of hydrogen-bond donors (Lipinski definition) is 1. The molecule has 27 heavy (non-hydrogen) atoms. The zero-order chi connectivity index (χ0) is 20.9. The molecule has 0 spiro atoms. The molecule has 6 nitrogen and oxygen atoms in total. The van der Waals surface area contributed by atoms with Gasteiger partial charge in [0.2, 0.25) is 0 Å². The van der Waals surface area contributed by atoms with Crippen LogP contribution in [-0.2, 0) is 18.0 Å². The SMILES string of the molecule is CCOP(=O)(OCC)[C@H](O[Si](C)(C)C(C)(C)C)[C@@H](O)c1ccc(OC)cc1. The van der Waals surface area contributed by atoms with E-state index < -0.39 is 27.9 Å². The maximum absolute atomic E-state index is 13.5. The highest BCUT2D eigenvalue weighted by Gasteiger charge is 2.49. The number of hydrogen-bond acceptors (Lipinski definition) is 6. The number of aliphatic hydroxyl groups is 1. The minimum Gasteiger partial charge on any atom is -0.497 e. The van der Waals surface area contributed by atoms with Crippen LogP contribution in [0.3, 0.4) is 0 Å².